The Morgan fingerprint density at radius 2 is 1.84 bits per heavy atom. The van der Waals surface area contributed by atoms with Gasteiger partial charge >= 0.3 is 0 Å². The number of nitrogens with two attached hydrogens (primary N) is 1. The number of nitrogens with zero attached hydrogens (tertiary/aromatic N) is 2. The molecule has 2 aromatic carbocycles. The molecule has 0 saturated heterocycles. The molecular weight excluding hydrogens is 330 g/mol. The van der Waals surface area contributed by atoms with Gasteiger partial charge in [0.2, 0.25) is 0 Å². The normalized spacial score (nSPS) is 11.8. The highest BCUT2D eigenvalue weighted by Gasteiger charge is 1.96. The quantitative estimate of drug-likeness (QED) is 0.303. The number of benzene rings is 2. The summed E-state index contributed by atoms with van der Waals surface area (Å²) < 4.78 is 5.68. The molecule has 0 radical (unpaired) electrons. The average molecular weight is 356 g/mol. The van der Waals surface area contributed by atoms with Gasteiger partial charge in [-0.1, -0.05) is 61.9 Å². The molecular formula is C20H25N3OS. The Morgan fingerprint density at radius 1 is 1.08 bits per heavy atom. The molecule has 0 aliphatic heterocycles. The second-order valence-electron chi connectivity index (χ2n) is 5.58. The van der Waals surface area contributed by atoms with Crippen LogP contribution in [0.2, 0.25) is 0 Å². The van der Waals surface area contributed by atoms with Crippen LogP contribution in [0.1, 0.15) is 37.3 Å². The first-order chi connectivity index (χ1) is 12.3. The predicted octanol–water partition coefficient (Wildman–Crippen LogP) is 4.84. The van der Waals surface area contributed by atoms with Crippen LogP contribution in [-0.2, 0) is 5.75 Å². The predicted molar refractivity (Wildman–Crippen MR) is 108 cm³/mol. The van der Waals surface area contributed by atoms with Gasteiger partial charge in [-0.05, 0) is 41.8 Å². The number of hydrogen-bond acceptors (Lipinski definition) is 4. The Bertz CT molecular complexity index is 669. The van der Waals surface area contributed by atoms with E-state index in [9.17, 15) is 0 Å². The van der Waals surface area contributed by atoms with Crippen molar-refractivity contribution in [2.24, 2.45) is 15.9 Å². The molecule has 4 nitrogen and oxygen atoms in total. The number of thioether (sulfide) groups is 1. The zero-order chi connectivity index (χ0) is 17.7. The number of ether oxygens (including phenoxy) is 1. The highest BCUT2D eigenvalue weighted by atomic mass is 32.2. The molecule has 2 aromatic rings. The van der Waals surface area contributed by atoms with E-state index in [0.717, 1.165) is 30.1 Å². The van der Waals surface area contributed by atoms with Crippen molar-refractivity contribution in [3.05, 3.63) is 65.7 Å². The van der Waals surface area contributed by atoms with E-state index in [1.54, 1.807) is 6.21 Å². The Hall–Kier alpha value is -2.27. The van der Waals surface area contributed by atoms with E-state index < -0.39 is 0 Å². The highest BCUT2D eigenvalue weighted by molar-refractivity contribution is 8.13. The summed E-state index contributed by atoms with van der Waals surface area (Å²) >= 11 is 1.47. The standard InChI is InChI=1S/C20H25N3OS/c1-2-3-7-14-24-19-12-10-17(11-13-19)15-22-23-20(21)25-16-18-8-5-4-6-9-18/h4-6,8-13,15H,2-3,7,14,16H2,1H3,(H2,21,23). The monoisotopic (exact) mass is 355 g/mol. The lowest BCUT2D eigenvalue weighted by Crippen LogP contribution is -2.05. The first-order valence-corrected chi connectivity index (χ1v) is 9.52. The van der Waals surface area contributed by atoms with Crippen molar-refractivity contribution in [1.82, 2.24) is 0 Å². The maximum Gasteiger partial charge on any atom is 0.180 e. The zero-order valence-corrected chi connectivity index (χ0v) is 15.4. The molecule has 25 heavy (non-hydrogen) atoms. The lowest BCUT2D eigenvalue weighted by molar-refractivity contribution is 0.306. The molecule has 0 aromatic heterocycles. The van der Waals surface area contributed by atoms with Gasteiger partial charge in [-0.3, -0.25) is 0 Å². The average Bonchev–Trinajstić information content (AvgIpc) is 2.66. The number of unbranched alkanes of at least 4 members (excludes halogenated alkanes) is 2. The van der Waals surface area contributed by atoms with Crippen LogP contribution in [0.3, 0.4) is 0 Å². The first-order valence-electron chi connectivity index (χ1n) is 8.54. The summed E-state index contributed by atoms with van der Waals surface area (Å²) in [6.45, 7) is 2.95. The fraction of sp³-hybridized carbons (Fsp3) is 0.300. The van der Waals surface area contributed by atoms with E-state index in [2.05, 4.69) is 29.3 Å². The molecule has 5 heteroatoms. The molecule has 0 aliphatic rings. The second kappa shape index (κ2) is 11.3. The maximum atomic E-state index is 5.87. The van der Waals surface area contributed by atoms with Gasteiger partial charge in [0.15, 0.2) is 5.17 Å². The molecule has 0 spiro atoms. The number of amidine groups is 1. The summed E-state index contributed by atoms with van der Waals surface area (Å²) in [7, 11) is 0. The Labute approximate surface area is 154 Å². The van der Waals surface area contributed by atoms with Crippen LogP contribution in [0.5, 0.6) is 5.75 Å². The minimum Gasteiger partial charge on any atom is -0.494 e. The van der Waals surface area contributed by atoms with Crippen molar-refractivity contribution in [2.45, 2.75) is 31.9 Å². The first kappa shape index (κ1) is 19.1. The van der Waals surface area contributed by atoms with Crippen LogP contribution in [0.15, 0.2) is 64.8 Å². The Balaban J connectivity index is 1.76. The lowest BCUT2D eigenvalue weighted by atomic mass is 10.2. The van der Waals surface area contributed by atoms with Crippen LogP contribution >= 0.6 is 11.8 Å². The smallest absolute Gasteiger partial charge is 0.180 e. The van der Waals surface area contributed by atoms with Gasteiger partial charge in [-0.2, -0.15) is 5.10 Å². The van der Waals surface area contributed by atoms with E-state index in [1.165, 1.54) is 30.2 Å². The van der Waals surface area contributed by atoms with Crippen LogP contribution in [-0.4, -0.2) is 18.0 Å². The minimum absolute atomic E-state index is 0.455. The zero-order valence-electron chi connectivity index (χ0n) is 14.6. The topological polar surface area (TPSA) is 60.0 Å². The highest BCUT2D eigenvalue weighted by Crippen LogP contribution is 2.13. The van der Waals surface area contributed by atoms with E-state index in [1.807, 2.05) is 42.5 Å². The summed E-state index contributed by atoms with van der Waals surface area (Å²) in [6, 6.07) is 18.0. The molecule has 2 N–H and O–H groups in total. The van der Waals surface area contributed by atoms with Gasteiger partial charge < -0.3 is 10.5 Å². The maximum absolute atomic E-state index is 5.87. The molecule has 0 atom stereocenters. The van der Waals surface area contributed by atoms with Crippen molar-refractivity contribution in [3.8, 4) is 5.75 Å². The summed E-state index contributed by atoms with van der Waals surface area (Å²) in [6.07, 6.45) is 5.18. The van der Waals surface area contributed by atoms with Crippen LogP contribution < -0.4 is 10.5 Å². The van der Waals surface area contributed by atoms with E-state index in [4.69, 9.17) is 10.5 Å². The molecule has 0 heterocycles. The van der Waals surface area contributed by atoms with E-state index in [0.29, 0.717) is 5.17 Å². The van der Waals surface area contributed by atoms with Crippen LogP contribution in [0.25, 0.3) is 0 Å². The summed E-state index contributed by atoms with van der Waals surface area (Å²) in [4.78, 5) is 0. The molecule has 0 bridgehead atoms. The number of rotatable bonds is 9. The van der Waals surface area contributed by atoms with E-state index in [-0.39, 0.29) is 0 Å². The Morgan fingerprint density at radius 3 is 2.56 bits per heavy atom. The number of hydrogen-bond donors (Lipinski definition) is 1. The van der Waals surface area contributed by atoms with Gasteiger partial charge in [0.05, 0.1) is 12.8 Å². The second-order valence-corrected chi connectivity index (χ2v) is 6.58. The molecule has 0 amide bonds. The van der Waals surface area contributed by atoms with Crippen molar-refractivity contribution in [3.63, 3.8) is 0 Å². The van der Waals surface area contributed by atoms with Gasteiger partial charge in [0.25, 0.3) is 0 Å². The summed E-state index contributed by atoms with van der Waals surface area (Å²) in [5.41, 5.74) is 8.04. The lowest BCUT2D eigenvalue weighted by Gasteiger charge is -2.05. The molecule has 132 valence electrons. The largest absolute Gasteiger partial charge is 0.494 e. The van der Waals surface area contributed by atoms with Crippen LogP contribution in [0, 0.1) is 0 Å². The minimum atomic E-state index is 0.455. The van der Waals surface area contributed by atoms with Gasteiger partial charge in [-0.15, -0.1) is 5.10 Å². The van der Waals surface area contributed by atoms with Crippen molar-refractivity contribution < 1.29 is 4.74 Å². The fourth-order valence-corrected chi connectivity index (χ4v) is 2.72. The van der Waals surface area contributed by atoms with Gasteiger partial charge in [-0.25, -0.2) is 0 Å². The molecule has 2 rings (SSSR count). The molecule has 0 aliphatic carbocycles. The van der Waals surface area contributed by atoms with Crippen molar-refractivity contribution in [2.75, 3.05) is 6.61 Å². The van der Waals surface area contributed by atoms with Crippen molar-refractivity contribution in [1.29, 1.82) is 0 Å². The molecule has 0 unspecified atom stereocenters. The van der Waals surface area contributed by atoms with Gasteiger partial charge in [0.1, 0.15) is 5.75 Å². The molecule has 0 fully saturated rings. The summed E-state index contributed by atoms with van der Waals surface area (Å²) in [5, 5.41) is 8.52. The summed E-state index contributed by atoms with van der Waals surface area (Å²) in [5.74, 6) is 1.67. The third-order valence-corrected chi connectivity index (χ3v) is 4.34. The van der Waals surface area contributed by atoms with Crippen LogP contribution in [0.4, 0.5) is 0 Å². The fourth-order valence-electron chi connectivity index (χ4n) is 2.11. The van der Waals surface area contributed by atoms with Crippen molar-refractivity contribution >= 4 is 23.1 Å². The third-order valence-electron chi connectivity index (χ3n) is 3.49. The van der Waals surface area contributed by atoms with E-state index >= 15 is 0 Å². The molecule has 0 saturated carbocycles. The third kappa shape index (κ3) is 7.90. The SMILES string of the molecule is CCCCCOc1ccc(C=NN=C(N)SCc2ccccc2)cc1. The van der Waals surface area contributed by atoms with Gasteiger partial charge in [0, 0.05) is 5.75 Å². The Kier molecular flexibility index (Phi) is 8.63.